The summed E-state index contributed by atoms with van der Waals surface area (Å²) in [6.45, 7) is 2.05. The second-order valence-corrected chi connectivity index (χ2v) is 4.56. The molecule has 0 radical (unpaired) electrons. The monoisotopic (exact) mass is 284 g/mol. The minimum Gasteiger partial charge on any atom is -0.454 e. The van der Waals surface area contributed by atoms with E-state index < -0.39 is 0 Å². The third-order valence-electron chi connectivity index (χ3n) is 3.27. The van der Waals surface area contributed by atoms with Crippen LogP contribution in [0.25, 0.3) is 0 Å². The van der Waals surface area contributed by atoms with Gasteiger partial charge in [-0.25, -0.2) is 0 Å². The first kappa shape index (κ1) is 14.0. The fourth-order valence-corrected chi connectivity index (χ4v) is 2.35. The summed E-state index contributed by atoms with van der Waals surface area (Å²) in [6, 6.07) is 5.58. The summed E-state index contributed by atoms with van der Waals surface area (Å²) in [5.74, 6) is 1.11. The number of carbonyl (C=O) groups excluding carboxylic acids is 1. The quantitative estimate of drug-likeness (QED) is 0.860. The van der Waals surface area contributed by atoms with Crippen molar-refractivity contribution in [2.45, 2.75) is 18.9 Å². The fourth-order valence-electron chi connectivity index (χ4n) is 2.35. The predicted octanol–water partition coefficient (Wildman–Crippen LogP) is 1.32. The van der Waals surface area contributed by atoms with Crippen molar-refractivity contribution >= 4 is 18.3 Å². The first-order valence-corrected chi connectivity index (χ1v) is 6.25. The predicted molar refractivity (Wildman–Crippen MR) is 73.2 cm³/mol. The van der Waals surface area contributed by atoms with E-state index in [9.17, 15) is 4.79 Å². The highest BCUT2D eigenvalue weighted by Crippen LogP contribution is 2.35. The van der Waals surface area contributed by atoms with Gasteiger partial charge >= 0.3 is 0 Å². The molecule has 2 aliphatic rings. The molecular formula is C13H17ClN2O3. The SMILES string of the molecule is Cl.O=C(N[C@H]1CCCNC1)c1cccc2c1OCO2. The number of hydrogen-bond donors (Lipinski definition) is 2. The molecule has 19 heavy (non-hydrogen) atoms. The summed E-state index contributed by atoms with van der Waals surface area (Å²) in [6.07, 6.45) is 2.11. The van der Waals surface area contributed by atoms with Crippen molar-refractivity contribution in [3.8, 4) is 11.5 Å². The van der Waals surface area contributed by atoms with Gasteiger partial charge in [-0.15, -0.1) is 12.4 Å². The molecule has 0 spiro atoms. The van der Waals surface area contributed by atoms with Crippen LogP contribution in [0.3, 0.4) is 0 Å². The number of amides is 1. The molecule has 0 saturated carbocycles. The Balaban J connectivity index is 0.00000133. The minimum absolute atomic E-state index is 0. The van der Waals surface area contributed by atoms with Crippen molar-refractivity contribution in [3.05, 3.63) is 23.8 Å². The van der Waals surface area contributed by atoms with Crippen molar-refractivity contribution in [2.24, 2.45) is 0 Å². The molecule has 0 aliphatic carbocycles. The number of rotatable bonds is 2. The van der Waals surface area contributed by atoms with Gasteiger partial charge in [0.25, 0.3) is 5.91 Å². The molecule has 0 bridgehead atoms. The number of carbonyl (C=O) groups is 1. The van der Waals surface area contributed by atoms with Crippen LogP contribution in [0, 0.1) is 0 Å². The summed E-state index contributed by atoms with van der Waals surface area (Å²) < 4.78 is 10.6. The number of fused-ring (bicyclic) bond motifs is 1. The van der Waals surface area contributed by atoms with Gasteiger partial charge in [0.15, 0.2) is 11.5 Å². The Hall–Kier alpha value is -1.46. The molecule has 2 heterocycles. The number of hydrogen-bond acceptors (Lipinski definition) is 4. The van der Waals surface area contributed by atoms with Gasteiger partial charge in [0.05, 0.1) is 5.56 Å². The second-order valence-electron chi connectivity index (χ2n) is 4.56. The van der Waals surface area contributed by atoms with Crippen LogP contribution in [-0.4, -0.2) is 31.8 Å². The molecule has 3 rings (SSSR count). The van der Waals surface area contributed by atoms with Gasteiger partial charge in [-0.2, -0.15) is 0 Å². The van der Waals surface area contributed by atoms with Crippen molar-refractivity contribution in [2.75, 3.05) is 19.9 Å². The van der Waals surface area contributed by atoms with E-state index in [0.29, 0.717) is 17.1 Å². The van der Waals surface area contributed by atoms with Crippen molar-refractivity contribution in [3.63, 3.8) is 0 Å². The highest BCUT2D eigenvalue weighted by molar-refractivity contribution is 5.98. The van der Waals surface area contributed by atoms with Crippen LogP contribution in [0.2, 0.25) is 0 Å². The molecule has 2 aliphatic heterocycles. The minimum atomic E-state index is -0.0916. The van der Waals surface area contributed by atoms with Gasteiger partial charge in [-0.3, -0.25) is 4.79 Å². The van der Waals surface area contributed by atoms with Gasteiger partial charge < -0.3 is 20.1 Å². The summed E-state index contributed by atoms with van der Waals surface area (Å²) in [7, 11) is 0. The number of para-hydroxylation sites is 1. The topological polar surface area (TPSA) is 59.6 Å². The zero-order chi connectivity index (χ0) is 12.4. The summed E-state index contributed by atoms with van der Waals surface area (Å²) in [5.41, 5.74) is 0.551. The highest BCUT2D eigenvalue weighted by atomic mass is 35.5. The largest absolute Gasteiger partial charge is 0.454 e. The Morgan fingerprint density at radius 2 is 2.26 bits per heavy atom. The maximum atomic E-state index is 12.2. The maximum Gasteiger partial charge on any atom is 0.255 e. The van der Waals surface area contributed by atoms with Crippen LogP contribution >= 0.6 is 12.4 Å². The Morgan fingerprint density at radius 1 is 1.37 bits per heavy atom. The highest BCUT2D eigenvalue weighted by Gasteiger charge is 2.23. The average Bonchev–Trinajstić information content (AvgIpc) is 2.87. The van der Waals surface area contributed by atoms with Crippen LogP contribution in [0.5, 0.6) is 11.5 Å². The van der Waals surface area contributed by atoms with E-state index in [1.54, 1.807) is 12.1 Å². The lowest BCUT2D eigenvalue weighted by Crippen LogP contribution is -2.45. The van der Waals surface area contributed by atoms with Gasteiger partial charge in [0.2, 0.25) is 6.79 Å². The normalized spacial score (nSPS) is 20.5. The second kappa shape index (κ2) is 6.12. The number of ether oxygens (including phenoxy) is 2. The molecule has 1 amide bonds. The molecule has 1 aromatic carbocycles. The molecule has 0 unspecified atom stereocenters. The Labute approximate surface area is 118 Å². The van der Waals surface area contributed by atoms with Crippen molar-refractivity contribution < 1.29 is 14.3 Å². The van der Waals surface area contributed by atoms with E-state index in [-0.39, 0.29) is 31.1 Å². The summed E-state index contributed by atoms with van der Waals surface area (Å²) in [4.78, 5) is 12.2. The first-order chi connectivity index (χ1) is 8.84. The van der Waals surface area contributed by atoms with E-state index in [1.807, 2.05) is 6.07 Å². The third kappa shape index (κ3) is 2.93. The van der Waals surface area contributed by atoms with Gasteiger partial charge in [0.1, 0.15) is 0 Å². The Morgan fingerprint density at radius 3 is 3.05 bits per heavy atom. The maximum absolute atomic E-state index is 12.2. The third-order valence-corrected chi connectivity index (χ3v) is 3.27. The fraction of sp³-hybridized carbons (Fsp3) is 0.462. The molecule has 6 heteroatoms. The van der Waals surface area contributed by atoms with Crippen molar-refractivity contribution in [1.29, 1.82) is 0 Å². The number of nitrogens with one attached hydrogen (secondary N) is 2. The summed E-state index contributed by atoms with van der Waals surface area (Å²) >= 11 is 0. The van der Waals surface area contributed by atoms with Crippen molar-refractivity contribution in [1.82, 2.24) is 10.6 Å². The number of benzene rings is 1. The number of piperidine rings is 1. The molecule has 5 nitrogen and oxygen atoms in total. The van der Waals surface area contributed by atoms with Gasteiger partial charge in [0, 0.05) is 12.6 Å². The summed E-state index contributed by atoms with van der Waals surface area (Å²) in [5, 5.41) is 6.30. The van der Waals surface area contributed by atoms with Crippen LogP contribution in [0.4, 0.5) is 0 Å². The smallest absolute Gasteiger partial charge is 0.255 e. The van der Waals surface area contributed by atoms with E-state index >= 15 is 0 Å². The van der Waals surface area contributed by atoms with Gasteiger partial charge in [-0.1, -0.05) is 6.07 Å². The van der Waals surface area contributed by atoms with E-state index in [1.165, 1.54) is 0 Å². The molecular weight excluding hydrogens is 268 g/mol. The van der Waals surface area contributed by atoms with Gasteiger partial charge in [-0.05, 0) is 31.5 Å². The zero-order valence-corrected chi connectivity index (χ0v) is 11.3. The van der Waals surface area contributed by atoms with Crippen LogP contribution in [0.1, 0.15) is 23.2 Å². The van der Waals surface area contributed by atoms with Crippen LogP contribution in [-0.2, 0) is 0 Å². The lowest BCUT2D eigenvalue weighted by atomic mass is 10.1. The lowest BCUT2D eigenvalue weighted by Gasteiger charge is -2.23. The average molecular weight is 285 g/mol. The van der Waals surface area contributed by atoms with Crippen LogP contribution in [0.15, 0.2) is 18.2 Å². The standard InChI is InChI=1S/C13H16N2O3.ClH/c16-13(15-9-3-2-6-14-7-9)10-4-1-5-11-12(10)18-8-17-11;/h1,4-5,9,14H,2-3,6-8H2,(H,15,16);1H/t9-;/m0./s1. The van der Waals surface area contributed by atoms with E-state index in [4.69, 9.17) is 9.47 Å². The molecule has 0 aromatic heterocycles. The zero-order valence-electron chi connectivity index (χ0n) is 10.5. The van der Waals surface area contributed by atoms with E-state index in [0.717, 1.165) is 25.9 Å². The molecule has 1 fully saturated rings. The van der Waals surface area contributed by atoms with E-state index in [2.05, 4.69) is 10.6 Å². The molecule has 1 atom stereocenters. The molecule has 1 aromatic rings. The molecule has 104 valence electrons. The number of halogens is 1. The first-order valence-electron chi connectivity index (χ1n) is 6.25. The molecule has 2 N–H and O–H groups in total. The Kier molecular flexibility index (Phi) is 4.50. The lowest BCUT2D eigenvalue weighted by molar-refractivity contribution is 0.0926. The molecule has 1 saturated heterocycles. The Bertz CT molecular complexity index is 461. The van der Waals surface area contributed by atoms with Crippen LogP contribution < -0.4 is 20.1 Å².